The zero-order valence-electron chi connectivity index (χ0n) is 13.3. The van der Waals surface area contributed by atoms with Gasteiger partial charge in [-0.1, -0.05) is 0 Å². The average Bonchev–Trinajstić information content (AvgIpc) is 2.94. The molecule has 9 heteroatoms. The maximum atomic E-state index is 11.8. The van der Waals surface area contributed by atoms with E-state index in [1.165, 1.54) is 4.52 Å². The summed E-state index contributed by atoms with van der Waals surface area (Å²) in [4.78, 5) is 29.3. The van der Waals surface area contributed by atoms with Crippen LogP contribution in [0.5, 0.6) is 0 Å². The Morgan fingerprint density at radius 1 is 1.42 bits per heavy atom. The quantitative estimate of drug-likeness (QED) is 0.787. The molecule has 1 aliphatic rings. The molecule has 3 N–H and O–H groups in total. The molecule has 0 radical (unpaired) electrons. The van der Waals surface area contributed by atoms with E-state index in [1.807, 2.05) is 4.90 Å². The number of carboxylic acids is 1. The molecule has 128 valence electrons. The van der Waals surface area contributed by atoms with Crippen molar-refractivity contribution in [3.05, 3.63) is 17.8 Å². The molecule has 0 amide bonds. The molecule has 0 bridgehead atoms. The number of carbonyl (C=O) groups is 2. The van der Waals surface area contributed by atoms with Crippen molar-refractivity contribution in [2.24, 2.45) is 5.92 Å². The van der Waals surface area contributed by atoms with Crippen LogP contribution in [0.15, 0.2) is 12.3 Å². The van der Waals surface area contributed by atoms with Crippen LogP contribution in [0.3, 0.4) is 0 Å². The minimum Gasteiger partial charge on any atom is -0.478 e. The summed E-state index contributed by atoms with van der Waals surface area (Å²) in [5, 5.41) is 13.4. The summed E-state index contributed by atoms with van der Waals surface area (Å²) in [5.74, 6) is -1.33. The van der Waals surface area contributed by atoms with Gasteiger partial charge in [-0.15, -0.1) is 5.10 Å². The van der Waals surface area contributed by atoms with Gasteiger partial charge in [0.2, 0.25) is 5.95 Å². The number of aromatic carboxylic acids is 1. The van der Waals surface area contributed by atoms with Crippen LogP contribution in [0.25, 0.3) is 5.65 Å². The van der Waals surface area contributed by atoms with Gasteiger partial charge in [-0.3, -0.25) is 4.79 Å². The maximum Gasteiger partial charge on any atom is 0.339 e. The summed E-state index contributed by atoms with van der Waals surface area (Å²) in [6, 6.07) is 1.57. The number of piperidine rings is 1. The van der Waals surface area contributed by atoms with Crippen molar-refractivity contribution in [2.75, 3.05) is 30.3 Å². The number of nitrogens with zero attached hydrogens (tertiary/aromatic N) is 4. The lowest BCUT2D eigenvalue weighted by Gasteiger charge is -2.32. The van der Waals surface area contributed by atoms with Gasteiger partial charge in [0.15, 0.2) is 5.65 Å². The Balaban J connectivity index is 1.83. The number of carboxylic acid groups (broad SMARTS) is 1. The fourth-order valence-corrected chi connectivity index (χ4v) is 2.95. The molecule has 1 saturated heterocycles. The molecule has 2 aromatic rings. The Bertz CT molecular complexity index is 780. The highest BCUT2D eigenvalue weighted by atomic mass is 16.5. The Labute approximate surface area is 138 Å². The zero-order chi connectivity index (χ0) is 17.3. The molecule has 0 aliphatic carbocycles. The first-order valence-corrected chi connectivity index (χ1v) is 7.80. The highest BCUT2D eigenvalue weighted by molar-refractivity contribution is 5.95. The number of hydrogen-bond acceptors (Lipinski definition) is 7. The summed E-state index contributed by atoms with van der Waals surface area (Å²) in [5.41, 5.74) is 6.54. The molecule has 9 nitrogen and oxygen atoms in total. The normalized spacial score (nSPS) is 15.6. The minimum absolute atomic E-state index is 0.0238. The molecule has 3 rings (SSSR count). The molecule has 0 spiro atoms. The van der Waals surface area contributed by atoms with E-state index >= 15 is 0 Å². The van der Waals surface area contributed by atoms with E-state index < -0.39 is 5.97 Å². The molecule has 1 aliphatic heterocycles. The highest BCUT2D eigenvalue weighted by Crippen LogP contribution is 2.26. The van der Waals surface area contributed by atoms with E-state index in [0.717, 1.165) is 0 Å². The number of esters is 1. The SMILES string of the molecule is CCOC(=O)C1CCN(c2cc(C(=O)O)c3nc(N)nn3c2)CC1. The smallest absolute Gasteiger partial charge is 0.339 e. The molecular formula is C15H19N5O4. The molecule has 1 fully saturated rings. The topological polar surface area (TPSA) is 123 Å². The van der Waals surface area contributed by atoms with Crippen molar-refractivity contribution in [1.82, 2.24) is 14.6 Å². The van der Waals surface area contributed by atoms with Crippen molar-refractivity contribution in [1.29, 1.82) is 0 Å². The summed E-state index contributed by atoms with van der Waals surface area (Å²) in [6.45, 7) is 3.45. The lowest BCUT2D eigenvalue weighted by Crippen LogP contribution is -2.37. The number of hydrogen-bond donors (Lipinski definition) is 2. The lowest BCUT2D eigenvalue weighted by molar-refractivity contribution is -0.148. The predicted octanol–water partition coefficient (Wildman–Crippen LogP) is 0.789. The lowest BCUT2D eigenvalue weighted by atomic mass is 9.96. The number of nitrogens with two attached hydrogens (primary N) is 1. The number of rotatable bonds is 4. The summed E-state index contributed by atoms with van der Waals surface area (Å²) >= 11 is 0. The zero-order valence-corrected chi connectivity index (χ0v) is 13.3. The van der Waals surface area contributed by atoms with Gasteiger partial charge in [-0.25, -0.2) is 9.31 Å². The maximum absolute atomic E-state index is 11.8. The van der Waals surface area contributed by atoms with Crippen molar-refractivity contribution in [3.8, 4) is 0 Å². The number of ether oxygens (including phenoxy) is 1. The van der Waals surface area contributed by atoms with E-state index in [0.29, 0.717) is 38.2 Å². The number of carbonyl (C=O) groups excluding carboxylic acids is 1. The summed E-state index contributed by atoms with van der Waals surface area (Å²) in [7, 11) is 0. The van der Waals surface area contributed by atoms with E-state index in [9.17, 15) is 14.7 Å². The minimum atomic E-state index is -1.09. The van der Waals surface area contributed by atoms with E-state index in [-0.39, 0.29) is 29.0 Å². The van der Waals surface area contributed by atoms with Crippen LogP contribution >= 0.6 is 0 Å². The van der Waals surface area contributed by atoms with Crippen molar-refractivity contribution < 1.29 is 19.4 Å². The number of nitrogen functional groups attached to an aromatic ring is 1. The molecular weight excluding hydrogens is 314 g/mol. The van der Waals surface area contributed by atoms with Crippen LogP contribution in [0.4, 0.5) is 11.6 Å². The Kier molecular flexibility index (Phi) is 4.24. The largest absolute Gasteiger partial charge is 0.478 e. The molecule has 0 aromatic carbocycles. The van der Waals surface area contributed by atoms with Crippen LogP contribution in [0.2, 0.25) is 0 Å². The number of fused-ring (bicyclic) bond motifs is 1. The van der Waals surface area contributed by atoms with Crippen molar-refractivity contribution in [3.63, 3.8) is 0 Å². The second kappa shape index (κ2) is 6.34. The number of aromatic nitrogens is 3. The standard InChI is InChI=1S/C15H19N5O4/c1-2-24-14(23)9-3-5-19(6-4-9)10-7-11(13(21)22)12-17-15(16)18-20(12)8-10/h7-9H,2-6H2,1H3,(H2,16,18)(H,21,22). The Hall–Kier alpha value is -2.84. The first kappa shape index (κ1) is 16.0. The van der Waals surface area contributed by atoms with Gasteiger partial charge < -0.3 is 20.5 Å². The number of anilines is 2. The predicted molar refractivity (Wildman–Crippen MR) is 85.9 cm³/mol. The highest BCUT2D eigenvalue weighted by Gasteiger charge is 2.27. The first-order valence-electron chi connectivity index (χ1n) is 7.80. The van der Waals surface area contributed by atoms with Gasteiger partial charge in [-0.05, 0) is 25.8 Å². The van der Waals surface area contributed by atoms with Gasteiger partial charge in [-0.2, -0.15) is 4.98 Å². The van der Waals surface area contributed by atoms with Gasteiger partial charge in [0, 0.05) is 13.1 Å². The second-order valence-corrected chi connectivity index (χ2v) is 5.67. The third kappa shape index (κ3) is 2.97. The third-order valence-corrected chi connectivity index (χ3v) is 4.15. The van der Waals surface area contributed by atoms with Crippen LogP contribution < -0.4 is 10.6 Å². The third-order valence-electron chi connectivity index (χ3n) is 4.15. The molecule has 2 aromatic heterocycles. The van der Waals surface area contributed by atoms with Crippen molar-refractivity contribution >= 4 is 29.2 Å². The molecule has 0 atom stereocenters. The van der Waals surface area contributed by atoms with Crippen molar-refractivity contribution in [2.45, 2.75) is 19.8 Å². The van der Waals surface area contributed by atoms with Crippen LogP contribution in [-0.2, 0) is 9.53 Å². The van der Waals surface area contributed by atoms with E-state index in [4.69, 9.17) is 10.5 Å². The molecule has 0 saturated carbocycles. The van der Waals surface area contributed by atoms with Gasteiger partial charge in [0.05, 0.1) is 24.4 Å². The fourth-order valence-electron chi connectivity index (χ4n) is 2.95. The molecule has 24 heavy (non-hydrogen) atoms. The van der Waals surface area contributed by atoms with Crippen LogP contribution in [0.1, 0.15) is 30.1 Å². The first-order chi connectivity index (χ1) is 11.5. The van der Waals surface area contributed by atoms with E-state index in [2.05, 4.69) is 10.1 Å². The van der Waals surface area contributed by atoms with Crippen LogP contribution in [0, 0.1) is 5.92 Å². The Morgan fingerprint density at radius 3 is 2.75 bits per heavy atom. The average molecular weight is 333 g/mol. The second-order valence-electron chi connectivity index (χ2n) is 5.67. The molecule has 3 heterocycles. The Morgan fingerprint density at radius 2 is 2.12 bits per heavy atom. The van der Waals surface area contributed by atoms with Gasteiger partial charge in [0.1, 0.15) is 5.56 Å². The summed E-state index contributed by atoms with van der Waals surface area (Å²) in [6.07, 6.45) is 3.04. The molecule has 0 unspecified atom stereocenters. The van der Waals surface area contributed by atoms with Gasteiger partial charge in [0.25, 0.3) is 0 Å². The van der Waals surface area contributed by atoms with Gasteiger partial charge >= 0.3 is 11.9 Å². The monoisotopic (exact) mass is 333 g/mol. The van der Waals surface area contributed by atoms with Crippen LogP contribution in [-0.4, -0.2) is 51.3 Å². The summed E-state index contributed by atoms with van der Waals surface area (Å²) < 4.78 is 6.44. The number of pyridine rings is 1. The fraction of sp³-hybridized carbons (Fsp3) is 0.467. The van der Waals surface area contributed by atoms with E-state index in [1.54, 1.807) is 19.2 Å².